The van der Waals surface area contributed by atoms with Crippen LogP contribution in [0.15, 0.2) is 48.8 Å². The first-order chi connectivity index (χ1) is 12.1. The molecule has 2 heterocycles. The minimum absolute atomic E-state index is 0.00675. The van der Waals surface area contributed by atoms with Gasteiger partial charge in [0.15, 0.2) is 0 Å². The van der Waals surface area contributed by atoms with Crippen molar-refractivity contribution in [3.05, 3.63) is 65.5 Å². The molecule has 6 heteroatoms. The standard InChI is InChI=1S/C19H21N3O3/c1-22-17(23)10-16(18(22)15-7-4-8-20-11-15)21-19(24)14-6-3-5-13(9-14)12-25-2/h3-9,11,16,18H,10,12H2,1-2H3,(H,21,24)/t16-,18+/m1/s1. The molecule has 0 saturated carbocycles. The van der Waals surface area contributed by atoms with Crippen molar-refractivity contribution in [1.29, 1.82) is 0 Å². The average Bonchev–Trinajstić information content (AvgIpc) is 2.90. The zero-order valence-corrected chi connectivity index (χ0v) is 14.3. The van der Waals surface area contributed by atoms with Crippen LogP contribution in [0.4, 0.5) is 0 Å². The average molecular weight is 339 g/mol. The number of ether oxygens (including phenoxy) is 1. The number of likely N-dealkylation sites (tertiary alicyclic amines) is 1. The summed E-state index contributed by atoms with van der Waals surface area (Å²) in [7, 11) is 3.37. The Labute approximate surface area is 146 Å². The van der Waals surface area contributed by atoms with Gasteiger partial charge in [0.1, 0.15) is 0 Å². The molecule has 2 amide bonds. The van der Waals surface area contributed by atoms with Crippen LogP contribution in [0.2, 0.25) is 0 Å². The van der Waals surface area contributed by atoms with Gasteiger partial charge in [0.25, 0.3) is 5.91 Å². The molecule has 3 rings (SSSR count). The number of amides is 2. The van der Waals surface area contributed by atoms with E-state index >= 15 is 0 Å². The molecule has 2 atom stereocenters. The zero-order chi connectivity index (χ0) is 17.8. The molecule has 2 aromatic rings. The number of rotatable bonds is 5. The molecular weight excluding hydrogens is 318 g/mol. The number of carbonyl (C=O) groups is 2. The molecule has 0 bridgehead atoms. The number of hydrogen-bond donors (Lipinski definition) is 1. The Morgan fingerprint density at radius 2 is 2.20 bits per heavy atom. The number of nitrogens with zero attached hydrogens (tertiary/aromatic N) is 2. The van der Waals surface area contributed by atoms with E-state index in [1.54, 1.807) is 43.6 Å². The second-order valence-electron chi connectivity index (χ2n) is 6.15. The lowest BCUT2D eigenvalue weighted by Gasteiger charge is -2.25. The Bertz CT molecular complexity index is 764. The Morgan fingerprint density at radius 3 is 2.92 bits per heavy atom. The molecule has 1 saturated heterocycles. The van der Waals surface area contributed by atoms with E-state index < -0.39 is 0 Å². The predicted octanol–water partition coefficient (Wildman–Crippen LogP) is 1.93. The van der Waals surface area contributed by atoms with E-state index in [-0.39, 0.29) is 30.3 Å². The minimum Gasteiger partial charge on any atom is -0.380 e. The molecule has 1 aliphatic rings. The third-order valence-electron chi connectivity index (χ3n) is 4.43. The second-order valence-corrected chi connectivity index (χ2v) is 6.15. The van der Waals surface area contributed by atoms with Crippen LogP contribution in [0, 0.1) is 0 Å². The van der Waals surface area contributed by atoms with E-state index in [4.69, 9.17) is 4.74 Å². The van der Waals surface area contributed by atoms with Crippen LogP contribution in [0.25, 0.3) is 0 Å². The molecule has 1 N–H and O–H groups in total. The highest BCUT2D eigenvalue weighted by atomic mass is 16.5. The third-order valence-corrected chi connectivity index (χ3v) is 4.43. The maximum atomic E-state index is 12.6. The molecule has 130 valence electrons. The lowest BCUT2D eigenvalue weighted by molar-refractivity contribution is -0.127. The van der Waals surface area contributed by atoms with Crippen molar-refractivity contribution in [2.75, 3.05) is 14.2 Å². The fourth-order valence-electron chi connectivity index (χ4n) is 3.23. The first-order valence-corrected chi connectivity index (χ1v) is 8.14. The summed E-state index contributed by atoms with van der Waals surface area (Å²) in [5, 5.41) is 3.00. The molecule has 1 aromatic heterocycles. The fourth-order valence-corrected chi connectivity index (χ4v) is 3.23. The summed E-state index contributed by atoms with van der Waals surface area (Å²) in [5.41, 5.74) is 2.40. The highest BCUT2D eigenvalue weighted by Crippen LogP contribution is 2.31. The smallest absolute Gasteiger partial charge is 0.251 e. The van der Waals surface area contributed by atoms with Crippen LogP contribution >= 0.6 is 0 Å². The van der Waals surface area contributed by atoms with E-state index in [1.807, 2.05) is 24.3 Å². The van der Waals surface area contributed by atoms with Gasteiger partial charge in [-0.3, -0.25) is 14.6 Å². The Hall–Kier alpha value is -2.73. The summed E-state index contributed by atoms with van der Waals surface area (Å²) in [4.78, 5) is 30.6. The summed E-state index contributed by atoms with van der Waals surface area (Å²) in [6.07, 6.45) is 3.70. The van der Waals surface area contributed by atoms with E-state index in [0.717, 1.165) is 11.1 Å². The van der Waals surface area contributed by atoms with E-state index in [0.29, 0.717) is 12.2 Å². The number of pyridine rings is 1. The SMILES string of the molecule is COCc1cccc(C(=O)N[C@@H]2CC(=O)N(C)[C@H]2c2cccnc2)c1. The van der Waals surface area contributed by atoms with Crippen molar-refractivity contribution >= 4 is 11.8 Å². The summed E-state index contributed by atoms with van der Waals surface area (Å²) in [5.74, 6) is -0.188. The number of hydrogen-bond acceptors (Lipinski definition) is 4. The van der Waals surface area contributed by atoms with E-state index in [2.05, 4.69) is 10.3 Å². The first-order valence-electron chi connectivity index (χ1n) is 8.14. The Morgan fingerprint density at radius 1 is 1.36 bits per heavy atom. The fraction of sp³-hybridized carbons (Fsp3) is 0.316. The van der Waals surface area contributed by atoms with Crippen molar-refractivity contribution < 1.29 is 14.3 Å². The predicted molar refractivity (Wildman–Crippen MR) is 92.8 cm³/mol. The maximum absolute atomic E-state index is 12.6. The van der Waals surface area contributed by atoms with E-state index in [1.165, 1.54) is 0 Å². The van der Waals surface area contributed by atoms with Crippen molar-refractivity contribution in [3.8, 4) is 0 Å². The molecule has 25 heavy (non-hydrogen) atoms. The molecule has 0 spiro atoms. The van der Waals surface area contributed by atoms with Crippen molar-refractivity contribution in [2.24, 2.45) is 0 Å². The van der Waals surface area contributed by atoms with Gasteiger partial charge < -0.3 is 15.0 Å². The number of likely N-dealkylation sites (N-methyl/N-ethyl adjacent to an activating group) is 1. The van der Waals surface area contributed by atoms with Crippen LogP contribution in [-0.4, -0.2) is 41.9 Å². The molecule has 1 aliphatic heterocycles. The number of aromatic nitrogens is 1. The van der Waals surface area contributed by atoms with Crippen LogP contribution in [0.5, 0.6) is 0 Å². The Balaban J connectivity index is 1.79. The minimum atomic E-state index is -0.291. The second kappa shape index (κ2) is 7.44. The van der Waals surface area contributed by atoms with Gasteiger partial charge in [0.2, 0.25) is 5.91 Å². The maximum Gasteiger partial charge on any atom is 0.251 e. The molecular formula is C19H21N3O3. The van der Waals surface area contributed by atoms with Gasteiger partial charge in [0.05, 0.1) is 18.7 Å². The van der Waals surface area contributed by atoms with Crippen LogP contribution in [0.1, 0.15) is 33.9 Å². The molecule has 0 unspecified atom stereocenters. The summed E-state index contributed by atoms with van der Waals surface area (Å²) in [6.45, 7) is 0.448. The summed E-state index contributed by atoms with van der Waals surface area (Å²) < 4.78 is 5.11. The van der Waals surface area contributed by atoms with Crippen LogP contribution in [0.3, 0.4) is 0 Å². The lowest BCUT2D eigenvalue weighted by atomic mass is 10.0. The quantitative estimate of drug-likeness (QED) is 0.903. The molecule has 0 radical (unpaired) electrons. The van der Waals surface area contributed by atoms with Gasteiger partial charge in [-0.05, 0) is 29.3 Å². The van der Waals surface area contributed by atoms with Crippen molar-refractivity contribution in [3.63, 3.8) is 0 Å². The number of methoxy groups -OCH3 is 1. The third kappa shape index (κ3) is 3.69. The van der Waals surface area contributed by atoms with Gasteiger partial charge in [-0.2, -0.15) is 0 Å². The van der Waals surface area contributed by atoms with Crippen LogP contribution in [-0.2, 0) is 16.1 Å². The number of benzene rings is 1. The van der Waals surface area contributed by atoms with Gasteiger partial charge in [0, 0.05) is 38.5 Å². The molecule has 6 nitrogen and oxygen atoms in total. The molecule has 1 fully saturated rings. The highest BCUT2D eigenvalue weighted by Gasteiger charge is 2.39. The van der Waals surface area contributed by atoms with Crippen molar-refractivity contribution in [1.82, 2.24) is 15.2 Å². The molecule has 0 aliphatic carbocycles. The van der Waals surface area contributed by atoms with Crippen LogP contribution < -0.4 is 5.32 Å². The number of carbonyl (C=O) groups excluding carboxylic acids is 2. The Kier molecular flexibility index (Phi) is 5.09. The molecule has 1 aromatic carbocycles. The lowest BCUT2D eigenvalue weighted by Crippen LogP contribution is -2.39. The summed E-state index contributed by atoms with van der Waals surface area (Å²) >= 11 is 0. The van der Waals surface area contributed by atoms with Gasteiger partial charge >= 0.3 is 0 Å². The van der Waals surface area contributed by atoms with Gasteiger partial charge in [-0.25, -0.2) is 0 Å². The zero-order valence-electron chi connectivity index (χ0n) is 14.3. The summed E-state index contributed by atoms with van der Waals surface area (Å²) in [6, 6.07) is 10.5. The van der Waals surface area contributed by atoms with Gasteiger partial charge in [-0.1, -0.05) is 18.2 Å². The first kappa shape index (κ1) is 17.1. The normalized spacial score (nSPS) is 19.9. The topological polar surface area (TPSA) is 71.5 Å². The van der Waals surface area contributed by atoms with E-state index in [9.17, 15) is 9.59 Å². The number of nitrogens with one attached hydrogen (secondary N) is 1. The van der Waals surface area contributed by atoms with Crippen molar-refractivity contribution in [2.45, 2.75) is 25.1 Å². The monoisotopic (exact) mass is 339 g/mol. The van der Waals surface area contributed by atoms with Gasteiger partial charge in [-0.15, -0.1) is 0 Å². The largest absolute Gasteiger partial charge is 0.380 e. The highest BCUT2D eigenvalue weighted by molar-refractivity contribution is 5.95.